The van der Waals surface area contributed by atoms with Gasteiger partial charge in [-0.1, -0.05) is 11.6 Å². The maximum absolute atomic E-state index is 15.1. The predicted molar refractivity (Wildman–Crippen MR) is 112 cm³/mol. The number of ether oxygens (including phenoxy) is 1. The van der Waals surface area contributed by atoms with Crippen LogP contribution in [0.2, 0.25) is 5.02 Å². The monoisotopic (exact) mass is 515 g/mol. The minimum absolute atomic E-state index is 0.0312. The Bertz CT molecular complexity index is 1220. The first-order valence-corrected chi connectivity index (χ1v) is 11.2. The van der Waals surface area contributed by atoms with Gasteiger partial charge in [0.15, 0.2) is 0 Å². The molecule has 1 aromatic heterocycles. The van der Waals surface area contributed by atoms with Gasteiger partial charge in [0.2, 0.25) is 5.91 Å². The van der Waals surface area contributed by atoms with Gasteiger partial charge in [-0.3, -0.25) is 14.6 Å². The first kappa shape index (κ1) is 23.9. The van der Waals surface area contributed by atoms with Gasteiger partial charge in [0.05, 0.1) is 23.8 Å². The lowest BCUT2D eigenvalue weighted by Crippen LogP contribution is -2.55. The van der Waals surface area contributed by atoms with Gasteiger partial charge >= 0.3 is 6.18 Å². The highest BCUT2D eigenvalue weighted by molar-refractivity contribution is 6.30. The summed E-state index contributed by atoms with van der Waals surface area (Å²) in [6.07, 6.45) is -3.42. The number of rotatable bonds is 5. The molecule has 2 aromatic rings. The molecule has 1 aromatic carbocycles. The Kier molecular flexibility index (Phi) is 5.55. The van der Waals surface area contributed by atoms with Gasteiger partial charge in [-0.2, -0.15) is 13.2 Å². The second kappa shape index (κ2) is 8.12. The Morgan fingerprint density at radius 3 is 2.51 bits per heavy atom. The number of carbonyl (C=O) groups is 2. The topological polar surface area (TPSA) is 85.5 Å². The van der Waals surface area contributed by atoms with Crippen LogP contribution in [0.25, 0.3) is 0 Å². The Morgan fingerprint density at radius 1 is 1.20 bits per heavy atom. The normalized spacial score (nSPS) is 26.7. The zero-order valence-electron chi connectivity index (χ0n) is 18.0. The van der Waals surface area contributed by atoms with Crippen LogP contribution >= 0.6 is 11.6 Å². The molecule has 5 rings (SSSR count). The summed E-state index contributed by atoms with van der Waals surface area (Å²) in [5.41, 5.74) is 2.80. The van der Waals surface area contributed by atoms with Crippen LogP contribution in [-0.2, 0) is 15.7 Å². The van der Waals surface area contributed by atoms with Gasteiger partial charge in [0.1, 0.15) is 23.4 Å². The number of primary amides is 1. The minimum atomic E-state index is -4.79. The molecule has 35 heavy (non-hydrogen) atoms. The zero-order chi connectivity index (χ0) is 25.3. The largest absolute Gasteiger partial charge is 0.433 e. The average molecular weight is 516 g/mol. The summed E-state index contributed by atoms with van der Waals surface area (Å²) in [5.74, 6) is -4.72. The van der Waals surface area contributed by atoms with E-state index in [4.69, 9.17) is 22.1 Å². The lowest BCUT2D eigenvalue weighted by Gasteiger charge is -2.44. The number of nitrogens with two attached hydrogens (primary N) is 1. The SMILES string of the molecule is NC(=O)C1CC2CC2([C@@H](c2cc(F)c(Cl)cc2F)C2COC2)N1C(=O)c1ccnc(C(F)(F)F)c1. The van der Waals surface area contributed by atoms with Gasteiger partial charge in [-0.25, -0.2) is 8.78 Å². The second-order valence-corrected chi connectivity index (χ2v) is 9.62. The van der Waals surface area contributed by atoms with Gasteiger partial charge in [0.25, 0.3) is 5.91 Å². The van der Waals surface area contributed by atoms with Crippen molar-refractivity contribution in [3.05, 3.63) is 63.9 Å². The highest BCUT2D eigenvalue weighted by Gasteiger charge is 2.72. The Labute approximate surface area is 201 Å². The van der Waals surface area contributed by atoms with Crippen molar-refractivity contribution >= 4 is 23.4 Å². The molecule has 186 valence electrons. The van der Waals surface area contributed by atoms with E-state index in [0.29, 0.717) is 12.5 Å². The van der Waals surface area contributed by atoms with Crippen molar-refractivity contribution in [2.45, 2.75) is 36.5 Å². The number of halogens is 6. The van der Waals surface area contributed by atoms with Crippen molar-refractivity contribution in [1.82, 2.24) is 9.88 Å². The number of pyridine rings is 1. The van der Waals surface area contributed by atoms with E-state index >= 15 is 4.39 Å². The Balaban J connectivity index is 1.63. The number of fused-ring (bicyclic) bond motifs is 1. The number of likely N-dealkylation sites (tertiary alicyclic amines) is 1. The molecule has 0 spiro atoms. The van der Waals surface area contributed by atoms with Crippen molar-refractivity contribution in [2.75, 3.05) is 13.2 Å². The maximum Gasteiger partial charge on any atom is 0.433 e. The molecule has 4 atom stereocenters. The van der Waals surface area contributed by atoms with E-state index in [-0.39, 0.29) is 42.6 Å². The third kappa shape index (κ3) is 3.76. The number of nitrogens with zero attached hydrogens (tertiary/aromatic N) is 2. The van der Waals surface area contributed by atoms with Crippen molar-refractivity contribution in [3.63, 3.8) is 0 Å². The molecule has 0 bridgehead atoms. The standard InChI is InChI=1S/C23H19ClF5N3O3/c24-14-6-15(25)13(5-16(14)26)19(11-8-35-9-11)22-7-12(22)4-17(20(30)33)32(22)21(34)10-1-2-31-18(3-10)23(27,28)29/h1-3,5-6,11-12,17,19H,4,7-9H2,(H2,30,33)/t12?,17?,19-,22?/m1/s1. The van der Waals surface area contributed by atoms with E-state index in [9.17, 15) is 27.2 Å². The van der Waals surface area contributed by atoms with Crippen molar-refractivity contribution < 1.29 is 36.3 Å². The number of alkyl halides is 3. The molecule has 3 heterocycles. The van der Waals surface area contributed by atoms with Crippen LogP contribution in [0.4, 0.5) is 22.0 Å². The average Bonchev–Trinajstić information content (AvgIpc) is 3.37. The molecule has 2 amide bonds. The molecule has 3 unspecified atom stereocenters. The first-order valence-electron chi connectivity index (χ1n) is 10.8. The smallest absolute Gasteiger partial charge is 0.381 e. The van der Waals surface area contributed by atoms with Gasteiger partial charge < -0.3 is 15.4 Å². The lowest BCUT2D eigenvalue weighted by molar-refractivity contribution is -0.141. The second-order valence-electron chi connectivity index (χ2n) is 9.21. The van der Waals surface area contributed by atoms with Crippen LogP contribution in [0.5, 0.6) is 0 Å². The summed E-state index contributed by atoms with van der Waals surface area (Å²) in [7, 11) is 0. The molecule has 0 radical (unpaired) electrons. The van der Waals surface area contributed by atoms with E-state index in [1.807, 2.05) is 0 Å². The maximum atomic E-state index is 15.1. The van der Waals surface area contributed by atoms with Crippen LogP contribution in [0.15, 0.2) is 30.5 Å². The fourth-order valence-corrected chi connectivity index (χ4v) is 5.85. The van der Waals surface area contributed by atoms with Crippen molar-refractivity contribution in [3.8, 4) is 0 Å². The molecule has 1 saturated carbocycles. The summed E-state index contributed by atoms with van der Waals surface area (Å²) in [6.45, 7) is 0.416. The Hall–Kier alpha value is -2.79. The number of amides is 2. The summed E-state index contributed by atoms with van der Waals surface area (Å²) in [5, 5.41) is -0.412. The minimum Gasteiger partial charge on any atom is -0.381 e. The summed E-state index contributed by atoms with van der Waals surface area (Å²) in [6, 6.07) is 2.42. The molecule has 2 N–H and O–H groups in total. The highest BCUT2D eigenvalue weighted by atomic mass is 35.5. The molecule has 2 aliphatic heterocycles. The molecular formula is C23H19ClF5N3O3. The Morgan fingerprint density at radius 2 is 1.91 bits per heavy atom. The first-order chi connectivity index (χ1) is 16.4. The van der Waals surface area contributed by atoms with E-state index in [1.54, 1.807) is 0 Å². The van der Waals surface area contributed by atoms with E-state index in [0.717, 1.165) is 24.4 Å². The number of aromatic nitrogens is 1. The number of carbonyl (C=O) groups excluding carboxylic acids is 2. The summed E-state index contributed by atoms with van der Waals surface area (Å²) < 4.78 is 74.5. The highest BCUT2D eigenvalue weighted by Crippen LogP contribution is 2.67. The van der Waals surface area contributed by atoms with Crippen LogP contribution < -0.4 is 5.73 Å². The van der Waals surface area contributed by atoms with Gasteiger partial charge in [0, 0.05) is 23.6 Å². The molecule has 1 aliphatic carbocycles. The van der Waals surface area contributed by atoms with Crippen LogP contribution in [0.3, 0.4) is 0 Å². The predicted octanol–water partition coefficient (Wildman–Crippen LogP) is 3.92. The third-order valence-electron chi connectivity index (χ3n) is 7.28. The third-order valence-corrected chi connectivity index (χ3v) is 7.57. The van der Waals surface area contributed by atoms with E-state index in [1.165, 1.54) is 4.90 Å². The molecular weight excluding hydrogens is 497 g/mol. The number of piperidine rings is 1. The summed E-state index contributed by atoms with van der Waals surface area (Å²) in [4.78, 5) is 30.4. The zero-order valence-corrected chi connectivity index (χ0v) is 18.7. The summed E-state index contributed by atoms with van der Waals surface area (Å²) >= 11 is 5.74. The molecule has 12 heteroatoms. The number of hydrogen-bond acceptors (Lipinski definition) is 4. The van der Waals surface area contributed by atoms with Crippen molar-refractivity contribution in [1.29, 1.82) is 0 Å². The van der Waals surface area contributed by atoms with Crippen LogP contribution in [0.1, 0.15) is 40.4 Å². The van der Waals surface area contributed by atoms with Gasteiger partial charge in [-0.05, 0) is 48.6 Å². The molecule has 6 nitrogen and oxygen atoms in total. The molecule has 2 saturated heterocycles. The number of benzene rings is 1. The van der Waals surface area contributed by atoms with Crippen LogP contribution in [-0.4, -0.2) is 46.5 Å². The fourth-order valence-electron chi connectivity index (χ4n) is 5.70. The fraction of sp³-hybridized carbons (Fsp3) is 0.435. The molecule has 3 fully saturated rings. The van der Waals surface area contributed by atoms with Crippen LogP contribution in [0, 0.1) is 23.5 Å². The number of hydrogen-bond donors (Lipinski definition) is 1. The van der Waals surface area contributed by atoms with Crippen molar-refractivity contribution in [2.24, 2.45) is 17.6 Å². The lowest BCUT2D eigenvalue weighted by atomic mass is 9.76. The van der Waals surface area contributed by atoms with Gasteiger partial charge in [-0.15, -0.1) is 0 Å². The molecule has 3 aliphatic rings. The van der Waals surface area contributed by atoms with E-state index in [2.05, 4.69) is 4.98 Å². The quantitative estimate of drug-likeness (QED) is 0.483. The van der Waals surface area contributed by atoms with E-state index < -0.39 is 57.8 Å².